The fourth-order valence-corrected chi connectivity index (χ4v) is 2.96. The summed E-state index contributed by atoms with van der Waals surface area (Å²) < 4.78 is 16.0. The van der Waals surface area contributed by atoms with Gasteiger partial charge in [-0.2, -0.15) is 0 Å². The lowest BCUT2D eigenvalue weighted by atomic mass is 9.86. The summed E-state index contributed by atoms with van der Waals surface area (Å²) in [4.78, 5) is 0. The van der Waals surface area contributed by atoms with Crippen LogP contribution in [0.4, 0.5) is 11.4 Å². The molecule has 3 aromatic rings. The lowest BCUT2D eigenvalue weighted by molar-refractivity contribution is 0.415. The molecule has 0 radical (unpaired) electrons. The number of nitrogens with two attached hydrogens (primary N) is 2. The van der Waals surface area contributed by atoms with Crippen molar-refractivity contribution in [1.29, 1.82) is 0 Å². The summed E-state index contributed by atoms with van der Waals surface area (Å²) in [5.74, 6) is 1.41. The fourth-order valence-electron chi connectivity index (χ4n) is 2.96. The standard InChI is InChI=1S/C20H22N2O3/c1-23-19-10-14(3-5-17(19)21)16(9-13-7-8-25-12-13)15-4-6-18(22)20(11-15)24-2/h3-8,10-12,16H,9,21-22H2,1-2H3. The Bertz CT molecular complexity index is 791. The summed E-state index contributed by atoms with van der Waals surface area (Å²) in [5.41, 5.74) is 16.5. The van der Waals surface area contributed by atoms with Crippen LogP contribution in [0.3, 0.4) is 0 Å². The number of anilines is 2. The van der Waals surface area contributed by atoms with Gasteiger partial charge < -0.3 is 25.4 Å². The summed E-state index contributed by atoms with van der Waals surface area (Å²) in [6.45, 7) is 0. The van der Waals surface area contributed by atoms with E-state index in [1.54, 1.807) is 26.7 Å². The van der Waals surface area contributed by atoms with Crippen LogP contribution in [0.25, 0.3) is 0 Å². The molecule has 1 aromatic heterocycles. The van der Waals surface area contributed by atoms with Crippen molar-refractivity contribution < 1.29 is 13.9 Å². The van der Waals surface area contributed by atoms with E-state index in [0.717, 1.165) is 23.1 Å². The second-order valence-corrected chi connectivity index (χ2v) is 5.89. The predicted octanol–water partition coefficient (Wildman–Crippen LogP) is 3.84. The fraction of sp³-hybridized carbons (Fsp3) is 0.200. The zero-order valence-corrected chi connectivity index (χ0v) is 14.4. The lowest BCUT2D eigenvalue weighted by Gasteiger charge is -2.20. The van der Waals surface area contributed by atoms with Crippen molar-refractivity contribution in [3.05, 3.63) is 71.7 Å². The Morgan fingerprint density at radius 3 is 1.88 bits per heavy atom. The highest BCUT2D eigenvalue weighted by atomic mass is 16.5. The molecule has 2 aromatic carbocycles. The normalized spacial score (nSPS) is 10.8. The molecule has 130 valence electrons. The first kappa shape index (κ1) is 16.8. The van der Waals surface area contributed by atoms with Gasteiger partial charge >= 0.3 is 0 Å². The molecule has 0 saturated heterocycles. The highest BCUT2D eigenvalue weighted by Gasteiger charge is 2.18. The van der Waals surface area contributed by atoms with Gasteiger partial charge in [0.2, 0.25) is 0 Å². The zero-order valence-electron chi connectivity index (χ0n) is 14.4. The van der Waals surface area contributed by atoms with Crippen molar-refractivity contribution >= 4 is 11.4 Å². The van der Waals surface area contributed by atoms with Crippen LogP contribution >= 0.6 is 0 Å². The second-order valence-electron chi connectivity index (χ2n) is 5.89. The molecule has 0 atom stereocenters. The quantitative estimate of drug-likeness (QED) is 0.667. The van der Waals surface area contributed by atoms with Crippen LogP contribution < -0.4 is 20.9 Å². The van der Waals surface area contributed by atoms with Gasteiger partial charge in [-0.15, -0.1) is 0 Å². The predicted molar refractivity (Wildman–Crippen MR) is 99.1 cm³/mol. The number of hydrogen-bond acceptors (Lipinski definition) is 5. The molecule has 0 fully saturated rings. The lowest BCUT2D eigenvalue weighted by Crippen LogP contribution is -2.07. The summed E-state index contributed by atoms with van der Waals surface area (Å²) in [5, 5.41) is 0. The Morgan fingerprint density at radius 2 is 1.44 bits per heavy atom. The maximum Gasteiger partial charge on any atom is 0.142 e. The topological polar surface area (TPSA) is 83.6 Å². The summed E-state index contributed by atoms with van der Waals surface area (Å²) in [7, 11) is 3.24. The van der Waals surface area contributed by atoms with Gasteiger partial charge in [0.25, 0.3) is 0 Å². The number of benzene rings is 2. The van der Waals surface area contributed by atoms with Crippen molar-refractivity contribution in [2.24, 2.45) is 0 Å². The van der Waals surface area contributed by atoms with Gasteiger partial charge in [0.15, 0.2) is 0 Å². The Hall–Kier alpha value is -3.08. The minimum atomic E-state index is 0.0848. The molecule has 1 heterocycles. The van der Waals surface area contributed by atoms with Crippen molar-refractivity contribution in [2.45, 2.75) is 12.3 Å². The van der Waals surface area contributed by atoms with E-state index in [1.165, 1.54) is 0 Å². The van der Waals surface area contributed by atoms with Crippen molar-refractivity contribution in [1.82, 2.24) is 0 Å². The minimum Gasteiger partial charge on any atom is -0.495 e. The molecule has 25 heavy (non-hydrogen) atoms. The van der Waals surface area contributed by atoms with Crippen molar-refractivity contribution in [2.75, 3.05) is 25.7 Å². The molecule has 0 aliphatic rings. The van der Waals surface area contributed by atoms with E-state index < -0.39 is 0 Å². The van der Waals surface area contributed by atoms with E-state index in [2.05, 4.69) is 0 Å². The third-order valence-electron chi connectivity index (χ3n) is 4.34. The highest BCUT2D eigenvalue weighted by Crippen LogP contribution is 2.35. The molecule has 0 aliphatic heterocycles. The minimum absolute atomic E-state index is 0.0848. The summed E-state index contributed by atoms with van der Waals surface area (Å²) >= 11 is 0. The molecule has 0 spiro atoms. The van der Waals surface area contributed by atoms with Crippen LogP contribution in [0.15, 0.2) is 59.4 Å². The van der Waals surface area contributed by atoms with E-state index in [0.29, 0.717) is 22.9 Å². The molecule has 0 saturated carbocycles. The SMILES string of the molecule is COc1cc(C(Cc2ccoc2)c2ccc(N)c(OC)c2)ccc1N. The van der Waals surface area contributed by atoms with Crippen LogP contribution in [0.5, 0.6) is 11.5 Å². The molecule has 0 bridgehead atoms. The first-order chi connectivity index (χ1) is 12.1. The summed E-state index contributed by atoms with van der Waals surface area (Å²) in [6, 6.07) is 13.7. The average Bonchev–Trinajstić information content (AvgIpc) is 3.14. The van der Waals surface area contributed by atoms with Gasteiger partial charge in [0.05, 0.1) is 38.1 Å². The van der Waals surface area contributed by atoms with Crippen molar-refractivity contribution in [3.63, 3.8) is 0 Å². The van der Waals surface area contributed by atoms with E-state index in [9.17, 15) is 0 Å². The van der Waals surface area contributed by atoms with Gasteiger partial charge in [-0.05, 0) is 53.4 Å². The first-order valence-electron chi connectivity index (χ1n) is 8.00. The Labute approximate surface area is 147 Å². The van der Waals surface area contributed by atoms with Crippen LogP contribution in [0.2, 0.25) is 0 Å². The molecule has 5 nitrogen and oxygen atoms in total. The van der Waals surface area contributed by atoms with Crippen LogP contribution in [-0.2, 0) is 6.42 Å². The molecular formula is C20H22N2O3. The Balaban J connectivity index is 2.06. The maximum atomic E-state index is 5.96. The van der Waals surface area contributed by atoms with Crippen LogP contribution in [0.1, 0.15) is 22.6 Å². The van der Waals surface area contributed by atoms with Crippen molar-refractivity contribution in [3.8, 4) is 11.5 Å². The number of rotatable bonds is 6. The molecular weight excluding hydrogens is 316 g/mol. The second kappa shape index (κ2) is 7.21. The number of hydrogen-bond donors (Lipinski definition) is 2. The number of ether oxygens (including phenoxy) is 2. The molecule has 0 unspecified atom stereocenters. The number of methoxy groups -OCH3 is 2. The summed E-state index contributed by atoms with van der Waals surface area (Å²) in [6.07, 6.45) is 4.21. The molecule has 0 amide bonds. The number of furan rings is 1. The molecule has 4 N–H and O–H groups in total. The number of nitrogen functional groups attached to an aromatic ring is 2. The van der Waals surface area contributed by atoms with Gasteiger partial charge in [-0.1, -0.05) is 12.1 Å². The van der Waals surface area contributed by atoms with Gasteiger partial charge in [0, 0.05) is 5.92 Å². The van der Waals surface area contributed by atoms with E-state index in [4.69, 9.17) is 25.4 Å². The van der Waals surface area contributed by atoms with Gasteiger partial charge in [-0.3, -0.25) is 0 Å². The van der Waals surface area contributed by atoms with E-state index in [1.807, 2.05) is 42.5 Å². The van der Waals surface area contributed by atoms with Gasteiger partial charge in [-0.25, -0.2) is 0 Å². The molecule has 3 rings (SSSR count). The Morgan fingerprint density at radius 1 is 0.880 bits per heavy atom. The third-order valence-corrected chi connectivity index (χ3v) is 4.34. The average molecular weight is 338 g/mol. The smallest absolute Gasteiger partial charge is 0.142 e. The van der Waals surface area contributed by atoms with E-state index in [-0.39, 0.29) is 5.92 Å². The largest absolute Gasteiger partial charge is 0.495 e. The van der Waals surface area contributed by atoms with E-state index >= 15 is 0 Å². The Kier molecular flexibility index (Phi) is 4.84. The first-order valence-corrected chi connectivity index (χ1v) is 8.00. The maximum absolute atomic E-state index is 5.96. The zero-order chi connectivity index (χ0) is 17.8. The monoisotopic (exact) mass is 338 g/mol. The van der Waals surface area contributed by atoms with Crippen LogP contribution in [-0.4, -0.2) is 14.2 Å². The van der Waals surface area contributed by atoms with Crippen LogP contribution in [0, 0.1) is 0 Å². The molecule has 0 aliphatic carbocycles. The highest BCUT2D eigenvalue weighted by molar-refractivity contribution is 5.58. The van der Waals surface area contributed by atoms with Gasteiger partial charge in [0.1, 0.15) is 11.5 Å². The third kappa shape index (κ3) is 3.55. The molecule has 5 heteroatoms.